The molecule has 0 spiro atoms. The van der Waals surface area contributed by atoms with Gasteiger partial charge in [-0.2, -0.15) is 0 Å². The molecule has 0 fully saturated rings. The molecule has 0 aromatic carbocycles. The molecular formula is C18H20O10. The highest BCUT2D eigenvalue weighted by molar-refractivity contribution is 5.90. The number of carbonyl (C=O) groups excluding carboxylic acids is 4. The van der Waals surface area contributed by atoms with Crippen LogP contribution in [0.2, 0.25) is 0 Å². The van der Waals surface area contributed by atoms with Crippen molar-refractivity contribution < 1.29 is 48.0 Å². The second-order valence-corrected chi connectivity index (χ2v) is 5.21. The van der Waals surface area contributed by atoms with Gasteiger partial charge in [0.25, 0.3) is 0 Å². The third-order valence-corrected chi connectivity index (χ3v) is 2.94. The largest absolute Gasteiger partial charge is 0.478 e. The maximum Gasteiger partial charge on any atom is 0.331 e. The van der Waals surface area contributed by atoms with Gasteiger partial charge in [0.15, 0.2) is 0 Å². The smallest absolute Gasteiger partial charge is 0.331 e. The Morgan fingerprint density at radius 1 is 0.643 bits per heavy atom. The van der Waals surface area contributed by atoms with E-state index in [2.05, 4.69) is 19.7 Å². The van der Waals surface area contributed by atoms with Crippen LogP contribution in [0.15, 0.2) is 50.1 Å². The van der Waals surface area contributed by atoms with E-state index in [0.717, 1.165) is 18.2 Å². The van der Waals surface area contributed by atoms with Crippen LogP contribution in [0.1, 0.15) is 0 Å². The fraction of sp³-hybridized carbons (Fsp3) is 0.278. The van der Waals surface area contributed by atoms with Crippen LogP contribution in [0.4, 0.5) is 0 Å². The lowest BCUT2D eigenvalue weighted by molar-refractivity contribution is -0.164. The van der Waals surface area contributed by atoms with Gasteiger partial charge in [-0.25, -0.2) is 24.0 Å². The summed E-state index contributed by atoms with van der Waals surface area (Å²) in [6.45, 7) is 7.69. The Hall–Kier alpha value is -3.69. The minimum Gasteiger partial charge on any atom is -0.478 e. The fourth-order valence-electron chi connectivity index (χ4n) is 1.51. The fourth-order valence-corrected chi connectivity index (χ4v) is 1.51. The number of carboxylic acids is 1. The number of rotatable bonds is 13. The molecule has 0 radical (unpaired) electrons. The molecule has 0 aromatic heterocycles. The normalized spacial score (nSPS) is 10.4. The minimum absolute atomic E-state index is 0.484. The summed E-state index contributed by atoms with van der Waals surface area (Å²) in [7, 11) is 0. The summed E-state index contributed by atoms with van der Waals surface area (Å²) in [5.74, 6) is -4.89. The SMILES string of the molecule is C=CC(=O)OCC(COC(=O)C=C)(COC(=O)C=C)COC(=O)/C=C/C(=O)O. The van der Waals surface area contributed by atoms with Crippen LogP contribution >= 0.6 is 0 Å². The van der Waals surface area contributed by atoms with Crippen LogP contribution in [0.25, 0.3) is 0 Å². The molecule has 10 nitrogen and oxygen atoms in total. The third kappa shape index (κ3) is 10.3. The summed E-state index contributed by atoms with van der Waals surface area (Å²) in [5.41, 5.74) is -1.48. The highest BCUT2D eigenvalue weighted by Gasteiger charge is 2.37. The summed E-state index contributed by atoms with van der Waals surface area (Å²) in [4.78, 5) is 56.2. The molecule has 28 heavy (non-hydrogen) atoms. The lowest BCUT2D eigenvalue weighted by Crippen LogP contribution is -2.43. The summed E-state index contributed by atoms with van der Waals surface area (Å²) < 4.78 is 19.7. The average molecular weight is 396 g/mol. The number of carboxylic acid groups (broad SMARTS) is 1. The average Bonchev–Trinajstić information content (AvgIpc) is 2.69. The Morgan fingerprint density at radius 2 is 0.964 bits per heavy atom. The Balaban J connectivity index is 5.47. The highest BCUT2D eigenvalue weighted by atomic mass is 16.6. The van der Waals surface area contributed by atoms with E-state index in [1.54, 1.807) is 0 Å². The predicted octanol–water partition coefficient (Wildman–Crippen LogP) is 0.344. The van der Waals surface area contributed by atoms with E-state index in [-0.39, 0.29) is 0 Å². The summed E-state index contributed by atoms with van der Waals surface area (Å²) in [6, 6.07) is 0. The van der Waals surface area contributed by atoms with Gasteiger partial charge in [0.2, 0.25) is 0 Å². The van der Waals surface area contributed by atoms with Gasteiger partial charge in [-0.05, 0) is 0 Å². The molecule has 0 saturated heterocycles. The van der Waals surface area contributed by atoms with Crippen LogP contribution in [-0.2, 0) is 42.9 Å². The second kappa shape index (κ2) is 12.6. The Bertz CT molecular complexity index is 614. The Morgan fingerprint density at radius 3 is 1.25 bits per heavy atom. The zero-order valence-electron chi connectivity index (χ0n) is 15.0. The lowest BCUT2D eigenvalue weighted by atomic mass is 9.92. The molecule has 0 aliphatic heterocycles. The molecule has 0 bridgehead atoms. The van der Waals surface area contributed by atoms with E-state index in [1.807, 2.05) is 0 Å². The van der Waals surface area contributed by atoms with E-state index < -0.39 is 61.7 Å². The van der Waals surface area contributed by atoms with Crippen LogP contribution in [0, 0.1) is 5.41 Å². The zero-order valence-corrected chi connectivity index (χ0v) is 15.0. The van der Waals surface area contributed by atoms with Gasteiger partial charge < -0.3 is 24.1 Å². The number of ether oxygens (including phenoxy) is 4. The number of aliphatic carboxylic acids is 1. The topological polar surface area (TPSA) is 142 Å². The quantitative estimate of drug-likeness (QED) is 0.263. The van der Waals surface area contributed by atoms with Gasteiger partial charge in [-0.15, -0.1) is 0 Å². The van der Waals surface area contributed by atoms with Crippen LogP contribution in [0.5, 0.6) is 0 Å². The molecule has 0 aliphatic rings. The highest BCUT2D eigenvalue weighted by Crippen LogP contribution is 2.21. The summed E-state index contributed by atoms with van der Waals surface area (Å²) >= 11 is 0. The van der Waals surface area contributed by atoms with Crippen molar-refractivity contribution in [1.82, 2.24) is 0 Å². The molecular weight excluding hydrogens is 376 g/mol. The Labute approximate surface area is 160 Å². The number of esters is 4. The van der Waals surface area contributed by atoms with Gasteiger partial charge in [-0.3, -0.25) is 0 Å². The lowest BCUT2D eigenvalue weighted by Gasteiger charge is -2.31. The van der Waals surface area contributed by atoms with Crippen molar-refractivity contribution in [2.45, 2.75) is 0 Å². The van der Waals surface area contributed by atoms with E-state index in [9.17, 15) is 24.0 Å². The maximum absolute atomic E-state index is 11.6. The maximum atomic E-state index is 11.6. The van der Waals surface area contributed by atoms with Crippen molar-refractivity contribution in [2.75, 3.05) is 26.4 Å². The third-order valence-electron chi connectivity index (χ3n) is 2.94. The van der Waals surface area contributed by atoms with Gasteiger partial charge >= 0.3 is 29.8 Å². The zero-order chi connectivity index (χ0) is 21.6. The molecule has 0 rings (SSSR count). The monoisotopic (exact) mass is 396 g/mol. The van der Waals surface area contributed by atoms with Crippen molar-refractivity contribution in [1.29, 1.82) is 0 Å². The van der Waals surface area contributed by atoms with Crippen molar-refractivity contribution in [2.24, 2.45) is 5.41 Å². The number of hydrogen-bond donors (Lipinski definition) is 1. The molecule has 10 heteroatoms. The molecule has 0 atom stereocenters. The second-order valence-electron chi connectivity index (χ2n) is 5.21. The van der Waals surface area contributed by atoms with Gasteiger partial charge in [0.1, 0.15) is 31.8 Å². The molecule has 0 aromatic rings. The van der Waals surface area contributed by atoms with Crippen LogP contribution in [0.3, 0.4) is 0 Å². The minimum atomic E-state index is -1.48. The standard InChI is InChI=1S/C18H20O10/c1-4-14(21)25-9-18(10-26-15(22)5-2,11-27-16(23)6-3)12-28-17(24)8-7-13(19)20/h4-8H,1-3,9-12H2,(H,19,20)/b8-7+. The van der Waals surface area contributed by atoms with Crippen LogP contribution in [-0.4, -0.2) is 61.4 Å². The first-order valence-corrected chi connectivity index (χ1v) is 7.63. The van der Waals surface area contributed by atoms with Crippen molar-refractivity contribution in [3.05, 3.63) is 50.1 Å². The molecule has 0 amide bonds. The molecule has 0 saturated carbocycles. The first kappa shape index (κ1) is 24.3. The number of carbonyl (C=O) groups is 5. The van der Waals surface area contributed by atoms with Crippen molar-refractivity contribution in [3.63, 3.8) is 0 Å². The van der Waals surface area contributed by atoms with Gasteiger partial charge in [0, 0.05) is 30.4 Å². The van der Waals surface area contributed by atoms with Crippen molar-refractivity contribution in [3.8, 4) is 0 Å². The summed E-state index contributed by atoms with van der Waals surface area (Å²) in [5, 5.41) is 8.51. The first-order chi connectivity index (χ1) is 13.2. The van der Waals surface area contributed by atoms with Crippen molar-refractivity contribution >= 4 is 29.8 Å². The molecule has 0 heterocycles. The molecule has 0 aliphatic carbocycles. The van der Waals surface area contributed by atoms with E-state index in [1.165, 1.54) is 0 Å². The van der Waals surface area contributed by atoms with E-state index in [4.69, 9.17) is 24.1 Å². The Kier molecular flexibility index (Phi) is 11.0. The number of hydrogen-bond acceptors (Lipinski definition) is 9. The first-order valence-electron chi connectivity index (χ1n) is 7.63. The van der Waals surface area contributed by atoms with Gasteiger partial charge in [-0.1, -0.05) is 19.7 Å². The molecule has 152 valence electrons. The van der Waals surface area contributed by atoms with Gasteiger partial charge in [0.05, 0.1) is 0 Å². The molecule has 0 unspecified atom stereocenters. The van der Waals surface area contributed by atoms with Crippen LogP contribution < -0.4 is 0 Å². The predicted molar refractivity (Wildman–Crippen MR) is 93.6 cm³/mol. The molecule has 1 N–H and O–H groups in total. The van der Waals surface area contributed by atoms with E-state index in [0.29, 0.717) is 12.2 Å². The van der Waals surface area contributed by atoms with E-state index >= 15 is 0 Å². The summed E-state index contributed by atoms with van der Waals surface area (Å²) in [6.07, 6.45) is 3.82.